The number of rotatable bonds is 2. The van der Waals surface area contributed by atoms with Gasteiger partial charge in [0.1, 0.15) is 11.1 Å². The molecule has 39 heavy (non-hydrogen) atoms. The van der Waals surface area contributed by atoms with E-state index < -0.39 is 0 Å². The van der Waals surface area contributed by atoms with Crippen molar-refractivity contribution in [1.82, 2.24) is 14.5 Å². The molecule has 4 nitrogen and oxygen atoms in total. The molecule has 4 heterocycles. The zero-order chi connectivity index (χ0) is 25.5. The Labute approximate surface area is 226 Å². The molecule has 0 N–H and O–H groups in total. The fourth-order valence-corrected chi connectivity index (χ4v) is 7.06. The van der Waals surface area contributed by atoms with E-state index in [4.69, 9.17) is 14.4 Å². The first-order valence-electron chi connectivity index (χ1n) is 12.9. The Morgan fingerprint density at radius 3 is 2.21 bits per heavy atom. The van der Waals surface area contributed by atoms with Gasteiger partial charge in [-0.15, -0.1) is 11.3 Å². The third kappa shape index (κ3) is 2.88. The van der Waals surface area contributed by atoms with E-state index in [9.17, 15) is 0 Å². The summed E-state index contributed by atoms with van der Waals surface area (Å²) in [5.74, 6) is 1.43. The highest BCUT2D eigenvalue weighted by atomic mass is 32.1. The van der Waals surface area contributed by atoms with Crippen molar-refractivity contribution in [3.8, 4) is 17.2 Å². The molecule has 0 aliphatic rings. The quantitative estimate of drug-likeness (QED) is 0.229. The van der Waals surface area contributed by atoms with Crippen LogP contribution in [0.4, 0.5) is 0 Å². The van der Waals surface area contributed by atoms with Crippen LogP contribution in [0.25, 0.3) is 81.3 Å². The SMILES string of the molecule is c1ccc(-c2nc(-n3c4ccccc4c4c5c(ccc43)sc3ccccc35)c3oc4ccccc4c3n2)cc1. The molecule has 0 atom stereocenters. The Balaban J connectivity index is 1.50. The number of aromatic nitrogens is 3. The molecule has 9 rings (SSSR count). The van der Waals surface area contributed by atoms with Gasteiger partial charge in [-0.05, 0) is 36.4 Å². The van der Waals surface area contributed by atoms with Gasteiger partial charge in [-0.2, -0.15) is 0 Å². The molecule has 9 aromatic rings. The second-order valence-corrected chi connectivity index (χ2v) is 10.9. The average Bonchev–Trinajstić information content (AvgIpc) is 3.66. The zero-order valence-corrected chi connectivity index (χ0v) is 21.4. The lowest BCUT2D eigenvalue weighted by Gasteiger charge is -2.10. The minimum Gasteiger partial charge on any atom is -0.450 e. The molecule has 0 saturated heterocycles. The van der Waals surface area contributed by atoms with Gasteiger partial charge in [-0.25, -0.2) is 9.97 Å². The van der Waals surface area contributed by atoms with Gasteiger partial charge in [0.2, 0.25) is 0 Å². The summed E-state index contributed by atoms with van der Waals surface area (Å²) in [6, 6.07) is 40.0. The molecule has 182 valence electrons. The van der Waals surface area contributed by atoms with E-state index in [0.717, 1.165) is 38.9 Å². The van der Waals surface area contributed by atoms with Crippen LogP contribution in [0.1, 0.15) is 0 Å². The van der Waals surface area contributed by atoms with E-state index in [1.807, 2.05) is 47.7 Å². The first-order chi connectivity index (χ1) is 19.3. The summed E-state index contributed by atoms with van der Waals surface area (Å²) in [6.07, 6.45) is 0. The fourth-order valence-electron chi connectivity index (χ4n) is 5.95. The van der Waals surface area contributed by atoms with Crippen LogP contribution in [-0.4, -0.2) is 14.5 Å². The second-order valence-electron chi connectivity index (χ2n) is 9.80. The van der Waals surface area contributed by atoms with Crippen LogP contribution in [-0.2, 0) is 0 Å². The van der Waals surface area contributed by atoms with Gasteiger partial charge in [0, 0.05) is 41.9 Å². The summed E-state index contributed by atoms with van der Waals surface area (Å²) in [5, 5.41) is 6.00. The molecular formula is C34H19N3OS. The number of para-hydroxylation sites is 2. The van der Waals surface area contributed by atoms with Gasteiger partial charge in [-0.3, -0.25) is 4.57 Å². The third-order valence-electron chi connectivity index (χ3n) is 7.62. The number of fused-ring (bicyclic) bond motifs is 10. The molecular weight excluding hydrogens is 498 g/mol. The minimum atomic E-state index is 0.678. The summed E-state index contributed by atoms with van der Waals surface area (Å²) in [4.78, 5) is 10.2. The van der Waals surface area contributed by atoms with E-state index >= 15 is 0 Å². The predicted molar refractivity (Wildman–Crippen MR) is 162 cm³/mol. The van der Waals surface area contributed by atoms with Gasteiger partial charge in [0.15, 0.2) is 17.2 Å². The zero-order valence-electron chi connectivity index (χ0n) is 20.6. The van der Waals surface area contributed by atoms with Crippen molar-refractivity contribution in [2.75, 3.05) is 0 Å². The van der Waals surface area contributed by atoms with Crippen molar-refractivity contribution >= 4 is 75.4 Å². The fraction of sp³-hybridized carbons (Fsp3) is 0. The third-order valence-corrected chi connectivity index (χ3v) is 8.76. The molecule has 5 aromatic carbocycles. The minimum absolute atomic E-state index is 0.678. The Morgan fingerprint density at radius 2 is 1.31 bits per heavy atom. The maximum Gasteiger partial charge on any atom is 0.197 e. The number of furan rings is 1. The Hall–Kier alpha value is -5.00. The molecule has 4 aromatic heterocycles. The summed E-state index contributed by atoms with van der Waals surface area (Å²) in [7, 11) is 0. The molecule has 0 amide bonds. The largest absolute Gasteiger partial charge is 0.450 e. The van der Waals surface area contributed by atoms with Crippen LogP contribution in [0.3, 0.4) is 0 Å². The van der Waals surface area contributed by atoms with Crippen molar-refractivity contribution in [2.45, 2.75) is 0 Å². The van der Waals surface area contributed by atoms with Gasteiger partial charge in [0.25, 0.3) is 0 Å². The van der Waals surface area contributed by atoms with Crippen molar-refractivity contribution in [3.63, 3.8) is 0 Å². The highest BCUT2D eigenvalue weighted by molar-refractivity contribution is 7.26. The first-order valence-corrected chi connectivity index (χ1v) is 13.8. The lowest BCUT2D eigenvalue weighted by molar-refractivity contribution is 0.662. The van der Waals surface area contributed by atoms with Crippen LogP contribution in [0, 0.1) is 0 Å². The van der Waals surface area contributed by atoms with Crippen molar-refractivity contribution in [2.24, 2.45) is 0 Å². The van der Waals surface area contributed by atoms with Crippen molar-refractivity contribution in [3.05, 3.63) is 115 Å². The van der Waals surface area contributed by atoms with Crippen LogP contribution in [0.2, 0.25) is 0 Å². The molecule has 0 aliphatic heterocycles. The molecule has 0 spiro atoms. The standard InChI is InChI=1S/C34H19N3OS/c1-2-10-20(11-3-1)33-35-31-22-13-5-8-16-26(22)38-32(31)34(36-33)37-24-15-7-4-12-21(24)29-25(37)18-19-28-30(29)23-14-6-9-17-27(23)39-28/h1-19H. The normalized spacial score (nSPS) is 12.1. The van der Waals surface area contributed by atoms with E-state index in [2.05, 4.69) is 83.4 Å². The van der Waals surface area contributed by atoms with Gasteiger partial charge >= 0.3 is 0 Å². The van der Waals surface area contributed by atoms with Crippen LogP contribution in [0.5, 0.6) is 0 Å². The molecule has 0 aliphatic carbocycles. The Morgan fingerprint density at radius 1 is 0.564 bits per heavy atom. The van der Waals surface area contributed by atoms with Gasteiger partial charge in [-0.1, -0.05) is 78.9 Å². The maximum atomic E-state index is 6.50. The molecule has 5 heteroatoms. The topological polar surface area (TPSA) is 43.9 Å². The smallest absolute Gasteiger partial charge is 0.197 e. The lowest BCUT2D eigenvalue weighted by Crippen LogP contribution is -2.01. The molecule has 0 radical (unpaired) electrons. The van der Waals surface area contributed by atoms with Gasteiger partial charge in [0.05, 0.1) is 11.0 Å². The number of benzene rings is 5. The number of thiophene rings is 1. The summed E-state index contributed by atoms with van der Waals surface area (Å²) in [5.41, 5.74) is 5.48. The number of hydrogen-bond acceptors (Lipinski definition) is 4. The monoisotopic (exact) mass is 517 g/mol. The van der Waals surface area contributed by atoms with E-state index in [1.54, 1.807) is 0 Å². The van der Waals surface area contributed by atoms with E-state index in [-0.39, 0.29) is 0 Å². The second kappa shape index (κ2) is 7.76. The van der Waals surface area contributed by atoms with Crippen LogP contribution >= 0.6 is 11.3 Å². The van der Waals surface area contributed by atoms with E-state index in [1.165, 1.54) is 30.9 Å². The van der Waals surface area contributed by atoms with Gasteiger partial charge < -0.3 is 4.42 Å². The maximum absolute atomic E-state index is 6.50. The summed E-state index contributed by atoms with van der Waals surface area (Å²) >= 11 is 1.84. The molecule has 0 bridgehead atoms. The number of hydrogen-bond donors (Lipinski definition) is 0. The van der Waals surface area contributed by atoms with Crippen molar-refractivity contribution < 1.29 is 4.42 Å². The first kappa shape index (κ1) is 21.0. The van der Waals surface area contributed by atoms with Crippen molar-refractivity contribution in [1.29, 1.82) is 0 Å². The Kier molecular flexibility index (Phi) is 4.18. The molecule has 0 fully saturated rings. The Bertz CT molecular complexity index is 2400. The highest BCUT2D eigenvalue weighted by Crippen LogP contribution is 2.44. The number of nitrogens with zero attached hydrogens (tertiary/aromatic N) is 3. The summed E-state index contributed by atoms with van der Waals surface area (Å²) < 4.78 is 11.3. The van der Waals surface area contributed by atoms with Crippen LogP contribution < -0.4 is 0 Å². The van der Waals surface area contributed by atoms with Crippen LogP contribution in [0.15, 0.2) is 120 Å². The van der Waals surface area contributed by atoms with E-state index in [0.29, 0.717) is 11.4 Å². The molecule has 0 unspecified atom stereocenters. The average molecular weight is 518 g/mol. The molecule has 0 saturated carbocycles. The highest BCUT2D eigenvalue weighted by Gasteiger charge is 2.23. The summed E-state index contributed by atoms with van der Waals surface area (Å²) in [6.45, 7) is 0. The predicted octanol–water partition coefficient (Wildman–Crippen LogP) is 9.51. The lowest BCUT2D eigenvalue weighted by atomic mass is 10.1.